The van der Waals surface area contributed by atoms with Crippen molar-refractivity contribution in [2.45, 2.75) is 124 Å². The van der Waals surface area contributed by atoms with Gasteiger partial charge in [0.2, 0.25) is 0 Å². The second-order valence-corrected chi connectivity index (χ2v) is 15.3. The highest BCUT2D eigenvalue weighted by atomic mass is 16.6. The molecule has 0 N–H and O–H groups in total. The lowest BCUT2D eigenvalue weighted by Gasteiger charge is -2.31. The average molecular weight is 793 g/mol. The summed E-state index contributed by atoms with van der Waals surface area (Å²) in [7, 11) is 2.12. The van der Waals surface area contributed by atoms with Crippen LogP contribution in [0.3, 0.4) is 0 Å². The van der Waals surface area contributed by atoms with Crippen molar-refractivity contribution in [2.75, 3.05) is 40.6 Å². The van der Waals surface area contributed by atoms with E-state index >= 15 is 0 Å². The fraction of sp³-hybridized carbons (Fsp3) is 0.587. The first-order valence-corrected chi connectivity index (χ1v) is 20.6. The summed E-state index contributed by atoms with van der Waals surface area (Å²) < 4.78 is 31.2. The summed E-state index contributed by atoms with van der Waals surface area (Å²) in [5, 5.41) is 0. The molecule has 11 heteroatoms. The highest BCUT2D eigenvalue weighted by molar-refractivity contribution is 6.30. The molecule has 0 aliphatic heterocycles. The second kappa shape index (κ2) is 24.2. The molecule has 0 aromatic heterocycles. The van der Waals surface area contributed by atoms with Crippen molar-refractivity contribution in [1.82, 2.24) is 0 Å². The molecule has 57 heavy (non-hydrogen) atoms. The standard InChI is InChI=1S/C46H64O11/c1-8-11-12-13-14-16-33-18-20-35(21-19-33)36-22-24-39(34(9-2)27-36)37-23-25-40(38(28-37)17-15-26-54-41(47)32(4)5)55-29-46(10-3,30-56-44(50)42(48)52-6)31-57-45(51)43(49)53-7/h22-25,27-28,33,35H,4,8-21,26,29-31H2,1-3,5-7H3. The SMILES string of the molecule is C=C(C)C(=O)OCCCc1cc(-c2ccc(C3CCC(CCCCCCC)CC3)cc2CC)ccc1OCC(CC)(COC(=O)C(=O)OC)COC(=O)C(=O)OC. The minimum absolute atomic E-state index is 0.112. The number of esters is 5. The number of benzene rings is 2. The van der Waals surface area contributed by atoms with E-state index in [9.17, 15) is 24.0 Å². The molecule has 1 aliphatic carbocycles. The summed E-state index contributed by atoms with van der Waals surface area (Å²) in [5.74, 6) is -3.32. The Morgan fingerprint density at radius 2 is 1.35 bits per heavy atom. The fourth-order valence-electron chi connectivity index (χ4n) is 7.28. The molecule has 0 atom stereocenters. The molecule has 314 valence electrons. The molecule has 1 saturated carbocycles. The number of carbonyl (C=O) groups excluding carboxylic acids is 5. The number of carbonyl (C=O) groups is 5. The van der Waals surface area contributed by atoms with Crippen molar-refractivity contribution in [1.29, 1.82) is 0 Å². The van der Waals surface area contributed by atoms with Crippen molar-refractivity contribution in [3.63, 3.8) is 0 Å². The Morgan fingerprint density at radius 1 is 0.702 bits per heavy atom. The first-order valence-electron chi connectivity index (χ1n) is 20.6. The van der Waals surface area contributed by atoms with E-state index in [1.165, 1.54) is 75.3 Å². The van der Waals surface area contributed by atoms with Gasteiger partial charge < -0.3 is 28.4 Å². The summed E-state index contributed by atoms with van der Waals surface area (Å²) in [6.07, 6.45) is 15.3. The van der Waals surface area contributed by atoms with Gasteiger partial charge in [-0.25, -0.2) is 24.0 Å². The number of methoxy groups -OCH3 is 2. The molecule has 1 fully saturated rings. The van der Waals surface area contributed by atoms with E-state index in [0.717, 1.165) is 43.2 Å². The lowest BCUT2D eigenvalue weighted by atomic mass is 9.76. The van der Waals surface area contributed by atoms with Crippen LogP contribution < -0.4 is 4.74 Å². The van der Waals surface area contributed by atoms with Gasteiger partial charge in [-0.05, 0) is 110 Å². The van der Waals surface area contributed by atoms with E-state index < -0.39 is 35.3 Å². The van der Waals surface area contributed by atoms with Crippen molar-refractivity contribution in [3.8, 4) is 16.9 Å². The Balaban J connectivity index is 1.86. The van der Waals surface area contributed by atoms with Gasteiger partial charge in [0.25, 0.3) is 0 Å². The number of unbranched alkanes of at least 4 members (excludes halogenated alkanes) is 4. The number of ether oxygens (including phenoxy) is 6. The smallest absolute Gasteiger partial charge is 0.417 e. The quantitative estimate of drug-likeness (QED) is 0.0371. The monoisotopic (exact) mass is 792 g/mol. The van der Waals surface area contributed by atoms with E-state index in [4.69, 9.17) is 18.9 Å². The zero-order valence-electron chi connectivity index (χ0n) is 35.0. The molecule has 0 bridgehead atoms. The third-order valence-corrected chi connectivity index (χ3v) is 11.1. The number of rotatable bonds is 22. The van der Waals surface area contributed by atoms with Crippen LogP contribution in [0.5, 0.6) is 5.75 Å². The zero-order chi connectivity index (χ0) is 41.8. The first kappa shape index (κ1) is 46.7. The molecule has 0 amide bonds. The molecule has 0 spiro atoms. The highest BCUT2D eigenvalue weighted by Gasteiger charge is 2.36. The summed E-state index contributed by atoms with van der Waals surface area (Å²) in [4.78, 5) is 60.1. The van der Waals surface area contributed by atoms with Crippen LogP contribution in [-0.2, 0) is 60.5 Å². The zero-order valence-corrected chi connectivity index (χ0v) is 35.0. The van der Waals surface area contributed by atoms with Gasteiger partial charge in [0.1, 0.15) is 25.6 Å². The molecule has 3 rings (SSSR count). The van der Waals surface area contributed by atoms with Crippen LogP contribution in [0.25, 0.3) is 11.1 Å². The average Bonchev–Trinajstić information content (AvgIpc) is 3.24. The van der Waals surface area contributed by atoms with E-state index in [1.807, 2.05) is 12.1 Å². The van der Waals surface area contributed by atoms with Gasteiger partial charge in [0.15, 0.2) is 0 Å². The lowest BCUT2D eigenvalue weighted by Crippen LogP contribution is -2.41. The fourth-order valence-corrected chi connectivity index (χ4v) is 7.28. The van der Waals surface area contributed by atoms with Crippen LogP contribution in [0.15, 0.2) is 48.6 Å². The molecule has 2 aromatic rings. The van der Waals surface area contributed by atoms with Gasteiger partial charge in [-0.15, -0.1) is 0 Å². The maximum absolute atomic E-state index is 12.2. The van der Waals surface area contributed by atoms with Crippen molar-refractivity contribution in [3.05, 3.63) is 65.2 Å². The molecule has 0 radical (unpaired) electrons. The van der Waals surface area contributed by atoms with Gasteiger partial charge >= 0.3 is 29.8 Å². The van der Waals surface area contributed by atoms with Crippen LogP contribution in [0.2, 0.25) is 0 Å². The Bertz CT molecular complexity index is 1620. The molecule has 1 aliphatic rings. The first-order chi connectivity index (χ1) is 27.4. The minimum Gasteiger partial charge on any atom is -0.492 e. The largest absolute Gasteiger partial charge is 0.492 e. The van der Waals surface area contributed by atoms with Crippen LogP contribution in [0.1, 0.15) is 127 Å². The molecule has 11 nitrogen and oxygen atoms in total. The van der Waals surface area contributed by atoms with Crippen LogP contribution in [-0.4, -0.2) is 70.5 Å². The number of hydrogen-bond acceptors (Lipinski definition) is 11. The molecule has 0 unspecified atom stereocenters. The summed E-state index contributed by atoms with van der Waals surface area (Å²) in [5.41, 5.74) is 4.85. The van der Waals surface area contributed by atoms with Crippen LogP contribution in [0.4, 0.5) is 0 Å². The van der Waals surface area contributed by atoms with Crippen LogP contribution in [0, 0.1) is 11.3 Å². The van der Waals surface area contributed by atoms with Gasteiger partial charge in [-0.2, -0.15) is 0 Å². The molecular weight excluding hydrogens is 728 g/mol. The maximum Gasteiger partial charge on any atom is 0.417 e. The Morgan fingerprint density at radius 3 is 1.93 bits per heavy atom. The van der Waals surface area contributed by atoms with Gasteiger partial charge in [-0.3, -0.25) is 0 Å². The Hall–Kier alpha value is -4.67. The van der Waals surface area contributed by atoms with Crippen molar-refractivity contribution < 1.29 is 52.4 Å². The summed E-state index contributed by atoms with van der Waals surface area (Å²) in [6, 6.07) is 12.9. The summed E-state index contributed by atoms with van der Waals surface area (Å²) in [6.45, 7) is 10.8. The van der Waals surface area contributed by atoms with Gasteiger partial charge in [-0.1, -0.05) is 90.1 Å². The maximum atomic E-state index is 12.2. The van der Waals surface area contributed by atoms with Crippen molar-refractivity contribution in [2.24, 2.45) is 11.3 Å². The normalized spacial score (nSPS) is 15.3. The lowest BCUT2D eigenvalue weighted by molar-refractivity contribution is -0.174. The summed E-state index contributed by atoms with van der Waals surface area (Å²) >= 11 is 0. The number of hydrogen-bond donors (Lipinski definition) is 0. The van der Waals surface area contributed by atoms with E-state index in [0.29, 0.717) is 30.1 Å². The Labute approximate surface area is 339 Å². The van der Waals surface area contributed by atoms with Gasteiger partial charge in [0, 0.05) is 5.57 Å². The van der Waals surface area contributed by atoms with Crippen molar-refractivity contribution >= 4 is 29.8 Å². The van der Waals surface area contributed by atoms with Crippen LogP contribution >= 0.6 is 0 Å². The third kappa shape index (κ3) is 14.7. The Kier molecular flexibility index (Phi) is 19.8. The topological polar surface area (TPSA) is 141 Å². The minimum atomic E-state index is -1.22. The molecule has 0 heterocycles. The molecule has 2 aromatic carbocycles. The predicted molar refractivity (Wildman–Crippen MR) is 218 cm³/mol. The third-order valence-electron chi connectivity index (χ3n) is 11.1. The van der Waals surface area contributed by atoms with E-state index in [2.05, 4.69) is 54.2 Å². The number of aryl methyl sites for hydroxylation is 2. The van der Waals surface area contributed by atoms with E-state index in [-0.39, 0.29) is 32.8 Å². The van der Waals surface area contributed by atoms with Gasteiger partial charge in [0.05, 0.1) is 26.2 Å². The van der Waals surface area contributed by atoms with E-state index in [1.54, 1.807) is 13.8 Å². The molecule has 0 saturated heterocycles. The predicted octanol–water partition coefficient (Wildman–Crippen LogP) is 8.81. The highest BCUT2D eigenvalue weighted by Crippen LogP contribution is 2.40. The molecular formula is C46H64O11. The second-order valence-electron chi connectivity index (χ2n) is 15.3.